The second-order valence-corrected chi connectivity index (χ2v) is 8.05. The van der Waals surface area contributed by atoms with Crippen molar-refractivity contribution >= 4 is 18.6 Å². The highest BCUT2D eigenvalue weighted by atomic mass is 19.1. The van der Waals surface area contributed by atoms with E-state index in [0.717, 1.165) is 17.2 Å². The van der Waals surface area contributed by atoms with Crippen LogP contribution in [0, 0.1) is 18.6 Å². The number of aryl methyl sites for hydroxylation is 1. The molecule has 2 heterocycles. The Morgan fingerprint density at radius 1 is 1.06 bits per heavy atom. The minimum Gasteiger partial charge on any atom is -0.463 e. The van der Waals surface area contributed by atoms with E-state index in [9.17, 15) is 18.4 Å². The molecular weight excluding hydrogens is 432 g/mol. The van der Waals surface area contributed by atoms with Crippen molar-refractivity contribution in [2.45, 2.75) is 31.1 Å². The molecule has 33 heavy (non-hydrogen) atoms. The molecular formula is C25H23F2NO5. The van der Waals surface area contributed by atoms with Gasteiger partial charge in [-0.25, -0.2) is 8.78 Å². The highest BCUT2D eigenvalue weighted by Crippen LogP contribution is 2.47. The molecule has 4 rings (SSSR count). The summed E-state index contributed by atoms with van der Waals surface area (Å²) in [7, 11) is 0. The molecule has 0 saturated carbocycles. The van der Waals surface area contributed by atoms with Crippen LogP contribution >= 0.6 is 0 Å². The third-order valence-corrected chi connectivity index (χ3v) is 5.93. The van der Waals surface area contributed by atoms with Crippen LogP contribution in [0.1, 0.15) is 11.1 Å². The Morgan fingerprint density at radius 3 is 2.39 bits per heavy atom. The molecule has 2 aromatic carbocycles. The first-order valence-electron chi connectivity index (χ1n) is 10.4. The third-order valence-electron chi connectivity index (χ3n) is 5.93. The molecule has 0 amide bonds. The molecule has 0 aromatic heterocycles. The molecule has 0 spiro atoms. The Hall–Kier alpha value is -3.52. The van der Waals surface area contributed by atoms with Gasteiger partial charge in [0.05, 0.1) is 6.04 Å². The molecule has 1 N–H and O–H groups in total. The van der Waals surface area contributed by atoms with Gasteiger partial charge < -0.3 is 19.5 Å². The van der Waals surface area contributed by atoms with Crippen LogP contribution in [0.3, 0.4) is 0 Å². The van der Waals surface area contributed by atoms with Crippen molar-refractivity contribution in [3.8, 4) is 0 Å². The van der Waals surface area contributed by atoms with Crippen LogP contribution in [0.4, 0.5) is 14.5 Å². The predicted molar refractivity (Wildman–Crippen MR) is 116 cm³/mol. The number of carbonyl (C=O) groups is 2. The van der Waals surface area contributed by atoms with Gasteiger partial charge in [0.1, 0.15) is 36.6 Å². The maximum atomic E-state index is 13.9. The summed E-state index contributed by atoms with van der Waals surface area (Å²) >= 11 is 0. The fraction of sp³-hybridized carbons (Fsp3) is 0.280. The highest BCUT2D eigenvalue weighted by Gasteiger charge is 2.53. The smallest absolute Gasteiger partial charge is 0.293 e. The molecule has 0 radical (unpaired) electrons. The van der Waals surface area contributed by atoms with Crippen LogP contribution in [0.15, 0.2) is 65.8 Å². The van der Waals surface area contributed by atoms with Crippen molar-refractivity contribution in [2.24, 2.45) is 0 Å². The van der Waals surface area contributed by atoms with Gasteiger partial charge in [0, 0.05) is 22.9 Å². The maximum absolute atomic E-state index is 13.9. The highest BCUT2D eigenvalue weighted by molar-refractivity contribution is 5.54. The van der Waals surface area contributed by atoms with Crippen LogP contribution in [0.5, 0.6) is 0 Å². The Labute approximate surface area is 189 Å². The summed E-state index contributed by atoms with van der Waals surface area (Å²) in [4.78, 5) is 21.8. The Balaban J connectivity index is 1.75. The van der Waals surface area contributed by atoms with Crippen molar-refractivity contribution in [3.05, 3.63) is 88.5 Å². The van der Waals surface area contributed by atoms with Crippen LogP contribution in [0.2, 0.25) is 0 Å². The first kappa shape index (κ1) is 22.7. The molecule has 0 fully saturated rings. The molecule has 2 aromatic rings. The Bertz CT molecular complexity index is 1080. The standard InChI is InChI=1S/C25H23F2NO5/c1-16-2-4-17(5-3-16)8-24(28-20-10-18(26)9-19(27)11-20)25-7-6-23(33-25)21(12-31-14-29)22(25)13-32-15-30/h2-7,9-11,14-15,23-24,28H,8,12-13H2,1H3. The topological polar surface area (TPSA) is 73.9 Å². The summed E-state index contributed by atoms with van der Waals surface area (Å²) in [6.45, 7) is 2.55. The van der Waals surface area contributed by atoms with Crippen LogP contribution in [0.25, 0.3) is 0 Å². The second-order valence-electron chi connectivity index (χ2n) is 8.05. The fourth-order valence-corrected chi connectivity index (χ4v) is 4.43. The molecule has 0 saturated heterocycles. The van der Waals surface area contributed by atoms with Crippen LogP contribution < -0.4 is 5.32 Å². The number of ether oxygens (including phenoxy) is 3. The Kier molecular flexibility index (Phi) is 6.55. The number of nitrogens with one attached hydrogen (secondary N) is 1. The van der Waals surface area contributed by atoms with Gasteiger partial charge in [0.15, 0.2) is 0 Å². The number of fused-ring (bicyclic) bond motifs is 2. The lowest BCUT2D eigenvalue weighted by Gasteiger charge is -2.37. The third kappa shape index (κ3) is 4.66. The van der Waals surface area contributed by atoms with E-state index in [4.69, 9.17) is 14.2 Å². The summed E-state index contributed by atoms with van der Waals surface area (Å²) < 4.78 is 44.2. The van der Waals surface area contributed by atoms with Gasteiger partial charge in [0.2, 0.25) is 0 Å². The molecule has 3 unspecified atom stereocenters. The summed E-state index contributed by atoms with van der Waals surface area (Å²) in [6.07, 6.45) is 3.65. The molecule has 6 nitrogen and oxygen atoms in total. The average molecular weight is 455 g/mol. The molecule has 3 atom stereocenters. The van der Waals surface area contributed by atoms with Gasteiger partial charge >= 0.3 is 0 Å². The predicted octanol–water partition coefficient (Wildman–Crippen LogP) is 3.65. The lowest BCUT2D eigenvalue weighted by Crippen LogP contribution is -2.48. The minimum atomic E-state index is -1.08. The van der Waals surface area contributed by atoms with E-state index in [1.807, 2.05) is 43.3 Å². The molecule has 8 heteroatoms. The maximum Gasteiger partial charge on any atom is 0.293 e. The van der Waals surface area contributed by atoms with Gasteiger partial charge in [-0.1, -0.05) is 35.9 Å². The van der Waals surface area contributed by atoms with Crippen molar-refractivity contribution in [1.29, 1.82) is 0 Å². The molecule has 0 aliphatic carbocycles. The number of anilines is 1. The quantitative estimate of drug-likeness (QED) is 0.412. The van der Waals surface area contributed by atoms with E-state index in [2.05, 4.69) is 5.32 Å². The molecule has 2 bridgehead atoms. The van der Waals surface area contributed by atoms with E-state index in [-0.39, 0.29) is 18.9 Å². The summed E-state index contributed by atoms with van der Waals surface area (Å²) in [5.41, 5.74) is 2.53. The summed E-state index contributed by atoms with van der Waals surface area (Å²) in [5.74, 6) is -1.42. The van der Waals surface area contributed by atoms with Crippen molar-refractivity contribution in [1.82, 2.24) is 0 Å². The lowest BCUT2D eigenvalue weighted by atomic mass is 9.79. The first-order chi connectivity index (χ1) is 15.9. The number of hydrogen-bond acceptors (Lipinski definition) is 6. The largest absolute Gasteiger partial charge is 0.463 e. The normalized spacial score (nSPS) is 21.7. The fourth-order valence-electron chi connectivity index (χ4n) is 4.43. The number of hydrogen-bond donors (Lipinski definition) is 1. The molecule has 2 aliphatic heterocycles. The zero-order valence-electron chi connectivity index (χ0n) is 17.9. The van der Waals surface area contributed by atoms with E-state index >= 15 is 0 Å². The van der Waals surface area contributed by atoms with Crippen LogP contribution in [-0.2, 0) is 30.2 Å². The number of rotatable bonds is 11. The van der Waals surface area contributed by atoms with Gasteiger partial charge in [0.25, 0.3) is 12.9 Å². The lowest BCUT2D eigenvalue weighted by molar-refractivity contribution is -0.129. The zero-order valence-corrected chi connectivity index (χ0v) is 17.9. The van der Waals surface area contributed by atoms with E-state index in [0.29, 0.717) is 30.5 Å². The van der Waals surface area contributed by atoms with Gasteiger partial charge in [-0.05, 0) is 37.1 Å². The first-order valence-corrected chi connectivity index (χ1v) is 10.4. The minimum absolute atomic E-state index is 0.0242. The molecule has 2 aliphatic rings. The van der Waals surface area contributed by atoms with Crippen molar-refractivity contribution in [2.75, 3.05) is 18.5 Å². The monoisotopic (exact) mass is 455 g/mol. The van der Waals surface area contributed by atoms with Crippen molar-refractivity contribution < 1.29 is 32.6 Å². The molecule has 172 valence electrons. The average Bonchev–Trinajstić information content (AvgIpc) is 3.34. The SMILES string of the molecule is Cc1ccc(CC(Nc2cc(F)cc(F)c2)C23C=CC(O2)C(COC=O)=C3COC=O)cc1. The van der Waals surface area contributed by atoms with Crippen LogP contribution in [-0.4, -0.2) is 43.9 Å². The summed E-state index contributed by atoms with van der Waals surface area (Å²) in [6, 6.07) is 10.6. The van der Waals surface area contributed by atoms with Gasteiger partial charge in [-0.2, -0.15) is 0 Å². The van der Waals surface area contributed by atoms with Gasteiger partial charge in [-0.15, -0.1) is 0 Å². The number of halogens is 2. The number of carbonyl (C=O) groups excluding carboxylic acids is 2. The van der Waals surface area contributed by atoms with E-state index in [1.54, 1.807) is 0 Å². The Morgan fingerprint density at radius 2 is 1.73 bits per heavy atom. The van der Waals surface area contributed by atoms with E-state index < -0.39 is 29.4 Å². The zero-order chi connectivity index (χ0) is 23.4. The van der Waals surface area contributed by atoms with Crippen molar-refractivity contribution in [3.63, 3.8) is 0 Å². The van der Waals surface area contributed by atoms with E-state index in [1.165, 1.54) is 12.1 Å². The number of benzene rings is 2. The second kappa shape index (κ2) is 9.54. The summed E-state index contributed by atoms with van der Waals surface area (Å²) in [5, 5.41) is 3.22. The van der Waals surface area contributed by atoms with Gasteiger partial charge in [-0.3, -0.25) is 9.59 Å².